The highest BCUT2D eigenvalue weighted by atomic mass is 32.2. The van der Waals surface area contributed by atoms with Crippen molar-refractivity contribution in [1.82, 2.24) is 0 Å². The number of aryl methyl sites for hydroxylation is 1. The van der Waals surface area contributed by atoms with Crippen LogP contribution in [0, 0.1) is 6.92 Å². The highest BCUT2D eigenvalue weighted by Crippen LogP contribution is 2.24. The Labute approximate surface area is 109 Å². The van der Waals surface area contributed by atoms with E-state index >= 15 is 0 Å². The lowest BCUT2D eigenvalue weighted by atomic mass is 10.1. The van der Waals surface area contributed by atoms with E-state index < -0.39 is 15.4 Å². The van der Waals surface area contributed by atoms with Crippen LogP contribution in [0.1, 0.15) is 25.8 Å². The second kappa shape index (κ2) is 5.28. The second-order valence-electron chi connectivity index (χ2n) is 5.07. The van der Waals surface area contributed by atoms with Gasteiger partial charge in [0.2, 0.25) is 0 Å². The fraction of sp³-hybridized carbons (Fsp3) is 0.538. The summed E-state index contributed by atoms with van der Waals surface area (Å²) in [5.41, 5.74) is 6.47. The van der Waals surface area contributed by atoms with Crippen molar-refractivity contribution in [1.29, 1.82) is 0 Å². The summed E-state index contributed by atoms with van der Waals surface area (Å²) >= 11 is 0. The lowest BCUT2D eigenvalue weighted by Gasteiger charge is -2.22. The zero-order valence-electron chi connectivity index (χ0n) is 11.4. The standard InChI is InChI=1S/C13H21NO3S/c1-10-5-6-11(14)12(9-10)18(15,16)8-7-13(2,3)17-4/h5-6,9H,7-8,14H2,1-4H3. The smallest absolute Gasteiger partial charge is 0.180 e. The number of anilines is 1. The summed E-state index contributed by atoms with van der Waals surface area (Å²) in [5, 5.41) is 0. The van der Waals surface area contributed by atoms with Gasteiger partial charge in [0.05, 0.1) is 21.9 Å². The number of methoxy groups -OCH3 is 1. The molecule has 1 aromatic rings. The number of benzene rings is 1. The van der Waals surface area contributed by atoms with Crippen LogP contribution in [-0.4, -0.2) is 26.9 Å². The summed E-state index contributed by atoms with van der Waals surface area (Å²) in [7, 11) is -1.78. The molecule has 0 amide bonds. The van der Waals surface area contributed by atoms with E-state index in [-0.39, 0.29) is 10.6 Å². The first-order valence-corrected chi connectivity index (χ1v) is 7.47. The van der Waals surface area contributed by atoms with Gasteiger partial charge in [0.25, 0.3) is 0 Å². The molecule has 18 heavy (non-hydrogen) atoms. The normalized spacial score (nSPS) is 12.7. The van der Waals surface area contributed by atoms with Crippen LogP contribution in [0.3, 0.4) is 0 Å². The van der Waals surface area contributed by atoms with Crippen LogP contribution in [0.5, 0.6) is 0 Å². The molecule has 0 saturated heterocycles. The number of rotatable bonds is 5. The number of hydrogen-bond acceptors (Lipinski definition) is 4. The minimum atomic E-state index is -3.36. The minimum Gasteiger partial charge on any atom is -0.398 e. The Bertz CT molecular complexity index is 521. The molecule has 0 saturated carbocycles. The Morgan fingerprint density at radius 2 is 1.94 bits per heavy atom. The highest BCUT2D eigenvalue weighted by Gasteiger charge is 2.24. The number of nitrogens with two attached hydrogens (primary N) is 1. The van der Waals surface area contributed by atoms with Gasteiger partial charge in [-0.15, -0.1) is 0 Å². The maximum absolute atomic E-state index is 12.2. The Morgan fingerprint density at radius 1 is 1.33 bits per heavy atom. The molecule has 2 N–H and O–H groups in total. The van der Waals surface area contributed by atoms with E-state index in [0.29, 0.717) is 12.1 Å². The van der Waals surface area contributed by atoms with Gasteiger partial charge in [-0.3, -0.25) is 0 Å². The third-order valence-corrected chi connectivity index (χ3v) is 4.79. The molecule has 0 aromatic heterocycles. The largest absolute Gasteiger partial charge is 0.398 e. The van der Waals surface area contributed by atoms with E-state index in [0.717, 1.165) is 5.56 Å². The van der Waals surface area contributed by atoms with Gasteiger partial charge < -0.3 is 10.5 Å². The molecule has 0 fully saturated rings. The molecule has 0 heterocycles. The third-order valence-electron chi connectivity index (χ3n) is 3.03. The van der Waals surface area contributed by atoms with Gasteiger partial charge in [0, 0.05) is 7.11 Å². The summed E-state index contributed by atoms with van der Waals surface area (Å²) in [6.07, 6.45) is 0.430. The molecular formula is C13H21NO3S. The molecule has 4 nitrogen and oxygen atoms in total. The molecule has 0 bridgehead atoms. The van der Waals surface area contributed by atoms with Crippen LogP contribution in [0.25, 0.3) is 0 Å². The van der Waals surface area contributed by atoms with Crippen LogP contribution >= 0.6 is 0 Å². The van der Waals surface area contributed by atoms with Gasteiger partial charge >= 0.3 is 0 Å². The lowest BCUT2D eigenvalue weighted by Crippen LogP contribution is -2.26. The summed E-state index contributed by atoms with van der Waals surface area (Å²) in [5.74, 6) is 0.0293. The van der Waals surface area contributed by atoms with Crippen molar-refractivity contribution < 1.29 is 13.2 Å². The van der Waals surface area contributed by atoms with Crippen LogP contribution in [0.4, 0.5) is 5.69 Å². The summed E-state index contributed by atoms with van der Waals surface area (Å²) in [4.78, 5) is 0.217. The van der Waals surface area contributed by atoms with E-state index in [4.69, 9.17) is 10.5 Å². The van der Waals surface area contributed by atoms with E-state index in [9.17, 15) is 8.42 Å². The molecule has 0 aliphatic heterocycles. The predicted octanol–water partition coefficient (Wildman–Crippen LogP) is 2.17. The maximum atomic E-state index is 12.2. The van der Waals surface area contributed by atoms with Crippen molar-refractivity contribution in [3.63, 3.8) is 0 Å². The van der Waals surface area contributed by atoms with Crippen molar-refractivity contribution in [2.75, 3.05) is 18.6 Å². The molecule has 0 aliphatic carbocycles. The molecule has 0 atom stereocenters. The van der Waals surface area contributed by atoms with Gasteiger partial charge in [0.15, 0.2) is 9.84 Å². The fourth-order valence-corrected chi connectivity index (χ4v) is 3.28. The van der Waals surface area contributed by atoms with Crippen molar-refractivity contribution in [3.05, 3.63) is 23.8 Å². The van der Waals surface area contributed by atoms with E-state index in [1.165, 1.54) is 0 Å². The van der Waals surface area contributed by atoms with Gasteiger partial charge in [-0.2, -0.15) is 0 Å². The quantitative estimate of drug-likeness (QED) is 0.833. The molecule has 0 aliphatic rings. The summed E-state index contributed by atoms with van der Waals surface area (Å²) in [6, 6.07) is 5.04. The molecule has 0 radical (unpaired) electrons. The van der Waals surface area contributed by atoms with Crippen molar-refractivity contribution >= 4 is 15.5 Å². The fourth-order valence-electron chi connectivity index (χ4n) is 1.50. The Hall–Kier alpha value is -1.07. The highest BCUT2D eigenvalue weighted by molar-refractivity contribution is 7.91. The van der Waals surface area contributed by atoms with E-state index in [1.807, 2.05) is 20.8 Å². The van der Waals surface area contributed by atoms with Crippen LogP contribution in [0.15, 0.2) is 23.1 Å². The molecule has 0 spiro atoms. The molecule has 102 valence electrons. The monoisotopic (exact) mass is 271 g/mol. The van der Waals surface area contributed by atoms with Gasteiger partial charge in [-0.1, -0.05) is 6.07 Å². The number of hydrogen-bond donors (Lipinski definition) is 1. The average Bonchev–Trinajstić information content (AvgIpc) is 2.30. The Kier molecular flexibility index (Phi) is 4.40. The van der Waals surface area contributed by atoms with Gasteiger partial charge in [-0.05, 0) is 44.9 Å². The van der Waals surface area contributed by atoms with Crippen molar-refractivity contribution in [2.45, 2.75) is 37.7 Å². The first kappa shape index (κ1) is 15.0. The first-order chi connectivity index (χ1) is 8.18. The first-order valence-electron chi connectivity index (χ1n) is 5.82. The summed E-state index contributed by atoms with van der Waals surface area (Å²) < 4.78 is 29.7. The average molecular weight is 271 g/mol. The molecule has 5 heteroatoms. The molecule has 0 unspecified atom stereocenters. The number of sulfone groups is 1. The van der Waals surface area contributed by atoms with Gasteiger partial charge in [-0.25, -0.2) is 8.42 Å². The van der Waals surface area contributed by atoms with Crippen LogP contribution in [-0.2, 0) is 14.6 Å². The Morgan fingerprint density at radius 3 is 2.50 bits per heavy atom. The number of nitrogen functional groups attached to an aromatic ring is 1. The van der Waals surface area contributed by atoms with Crippen LogP contribution < -0.4 is 5.73 Å². The molecule has 1 rings (SSSR count). The maximum Gasteiger partial charge on any atom is 0.180 e. The zero-order valence-corrected chi connectivity index (χ0v) is 12.2. The molecule has 1 aromatic carbocycles. The van der Waals surface area contributed by atoms with Crippen molar-refractivity contribution in [2.24, 2.45) is 0 Å². The molecular weight excluding hydrogens is 250 g/mol. The second-order valence-corrected chi connectivity index (χ2v) is 7.15. The zero-order chi connectivity index (χ0) is 14.0. The van der Waals surface area contributed by atoms with E-state index in [2.05, 4.69) is 0 Å². The third kappa shape index (κ3) is 3.71. The SMILES string of the molecule is COC(C)(C)CCS(=O)(=O)c1cc(C)ccc1N. The van der Waals surface area contributed by atoms with E-state index in [1.54, 1.807) is 25.3 Å². The van der Waals surface area contributed by atoms with Crippen LogP contribution in [0.2, 0.25) is 0 Å². The van der Waals surface area contributed by atoms with Crippen molar-refractivity contribution in [3.8, 4) is 0 Å². The topological polar surface area (TPSA) is 69.4 Å². The Balaban J connectivity index is 2.97. The lowest BCUT2D eigenvalue weighted by molar-refractivity contribution is 0.0203. The summed E-state index contributed by atoms with van der Waals surface area (Å²) in [6.45, 7) is 5.57. The minimum absolute atomic E-state index is 0.0293. The predicted molar refractivity (Wildman–Crippen MR) is 73.3 cm³/mol. The van der Waals surface area contributed by atoms with Gasteiger partial charge in [0.1, 0.15) is 0 Å². The number of ether oxygens (including phenoxy) is 1.